The van der Waals surface area contributed by atoms with Crippen molar-refractivity contribution in [3.8, 4) is 0 Å². The third-order valence-electron chi connectivity index (χ3n) is 2.28. The standard InChI is InChI=1S/C10H18O2/c1-9(12-8-11-2)10-6-4-3-5-7-10/h6,9H,3-5,7-8H2,1-2H3. The van der Waals surface area contributed by atoms with Gasteiger partial charge in [0.05, 0.1) is 6.10 Å². The Morgan fingerprint density at radius 2 is 2.33 bits per heavy atom. The molecule has 0 aromatic rings. The fraction of sp³-hybridized carbons (Fsp3) is 0.800. The highest BCUT2D eigenvalue weighted by atomic mass is 16.7. The van der Waals surface area contributed by atoms with Gasteiger partial charge >= 0.3 is 0 Å². The minimum Gasteiger partial charge on any atom is -0.359 e. The van der Waals surface area contributed by atoms with Gasteiger partial charge in [-0.2, -0.15) is 0 Å². The summed E-state index contributed by atoms with van der Waals surface area (Å²) in [6.45, 7) is 2.49. The van der Waals surface area contributed by atoms with Crippen molar-refractivity contribution >= 4 is 0 Å². The minimum absolute atomic E-state index is 0.241. The van der Waals surface area contributed by atoms with Crippen LogP contribution in [0.5, 0.6) is 0 Å². The van der Waals surface area contributed by atoms with E-state index in [1.54, 1.807) is 7.11 Å². The number of allylic oxidation sites excluding steroid dienone is 1. The SMILES string of the molecule is COCOC(C)C1=CCCCC1. The van der Waals surface area contributed by atoms with Crippen LogP contribution in [0.3, 0.4) is 0 Å². The van der Waals surface area contributed by atoms with E-state index in [-0.39, 0.29) is 6.10 Å². The van der Waals surface area contributed by atoms with Crippen LogP contribution in [0, 0.1) is 0 Å². The zero-order valence-corrected chi connectivity index (χ0v) is 8.01. The molecule has 0 fully saturated rings. The van der Waals surface area contributed by atoms with Crippen LogP contribution in [0.1, 0.15) is 32.6 Å². The average molecular weight is 170 g/mol. The zero-order chi connectivity index (χ0) is 8.81. The summed E-state index contributed by atoms with van der Waals surface area (Å²) in [7, 11) is 1.65. The van der Waals surface area contributed by atoms with Crippen LogP contribution in [0.4, 0.5) is 0 Å². The van der Waals surface area contributed by atoms with Gasteiger partial charge in [-0.15, -0.1) is 0 Å². The normalized spacial score (nSPS) is 20.3. The van der Waals surface area contributed by atoms with Gasteiger partial charge in [0.15, 0.2) is 0 Å². The quantitative estimate of drug-likeness (QED) is 0.476. The molecule has 1 unspecified atom stereocenters. The van der Waals surface area contributed by atoms with Crippen LogP contribution >= 0.6 is 0 Å². The third-order valence-corrected chi connectivity index (χ3v) is 2.28. The largest absolute Gasteiger partial charge is 0.359 e. The summed E-state index contributed by atoms with van der Waals surface area (Å²) in [5.41, 5.74) is 1.44. The summed E-state index contributed by atoms with van der Waals surface area (Å²) in [5.74, 6) is 0. The molecule has 0 N–H and O–H groups in total. The maximum absolute atomic E-state index is 5.44. The van der Waals surface area contributed by atoms with Crippen molar-refractivity contribution in [2.75, 3.05) is 13.9 Å². The molecule has 70 valence electrons. The Balaban J connectivity index is 2.29. The Labute approximate surface area is 74.6 Å². The van der Waals surface area contributed by atoms with Gasteiger partial charge in [0.1, 0.15) is 6.79 Å². The molecule has 0 aromatic heterocycles. The van der Waals surface area contributed by atoms with Crippen molar-refractivity contribution in [3.05, 3.63) is 11.6 Å². The van der Waals surface area contributed by atoms with E-state index >= 15 is 0 Å². The Morgan fingerprint density at radius 3 is 2.92 bits per heavy atom. The lowest BCUT2D eigenvalue weighted by Crippen LogP contribution is -2.14. The van der Waals surface area contributed by atoms with Gasteiger partial charge in [-0.25, -0.2) is 0 Å². The van der Waals surface area contributed by atoms with Crippen LogP contribution in [-0.2, 0) is 9.47 Å². The topological polar surface area (TPSA) is 18.5 Å². The van der Waals surface area contributed by atoms with Crippen LogP contribution in [0.25, 0.3) is 0 Å². The number of ether oxygens (including phenoxy) is 2. The van der Waals surface area contributed by atoms with Gasteiger partial charge in [0, 0.05) is 7.11 Å². The van der Waals surface area contributed by atoms with Crippen molar-refractivity contribution < 1.29 is 9.47 Å². The molecule has 2 nitrogen and oxygen atoms in total. The van der Waals surface area contributed by atoms with Crippen molar-refractivity contribution in [2.45, 2.75) is 38.7 Å². The first-order valence-corrected chi connectivity index (χ1v) is 4.64. The Bertz CT molecular complexity index is 152. The van der Waals surface area contributed by atoms with Crippen molar-refractivity contribution in [2.24, 2.45) is 0 Å². The third kappa shape index (κ3) is 2.95. The van der Waals surface area contributed by atoms with Crippen LogP contribution in [0.15, 0.2) is 11.6 Å². The fourth-order valence-corrected chi connectivity index (χ4v) is 1.51. The van der Waals surface area contributed by atoms with Crippen molar-refractivity contribution in [3.63, 3.8) is 0 Å². The summed E-state index contributed by atoms with van der Waals surface area (Å²) in [6, 6.07) is 0. The molecule has 0 saturated carbocycles. The Hall–Kier alpha value is -0.340. The maximum Gasteiger partial charge on any atom is 0.147 e. The molecule has 1 aliphatic carbocycles. The molecule has 0 amide bonds. The molecule has 1 rings (SSSR count). The Morgan fingerprint density at radius 1 is 1.50 bits per heavy atom. The first-order chi connectivity index (χ1) is 5.84. The molecule has 0 bridgehead atoms. The molecule has 1 atom stereocenters. The van der Waals surface area contributed by atoms with Crippen LogP contribution in [-0.4, -0.2) is 20.0 Å². The van der Waals surface area contributed by atoms with Gasteiger partial charge < -0.3 is 9.47 Å². The molecular formula is C10H18O2. The van der Waals surface area contributed by atoms with Gasteiger partial charge in [0.25, 0.3) is 0 Å². The van der Waals surface area contributed by atoms with E-state index in [4.69, 9.17) is 9.47 Å². The lowest BCUT2D eigenvalue weighted by Gasteiger charge is -2.19. The lowest BCUT2D eigenvalue weighted by molar-refractivity contribution is -0.0542. The molecule has 0 saturated heterocycles. The first kappa shape index (κ1) is 9.75. The van der Waals surface area contributed by atoms with Gasteiger partial charge in [-0.1, -0.05) is 6.08 Å². The fourth-order valence-electron chi connectivity index (χ4n) is 1.51. The molecular weight excluding hydrogens is 152 g/mol. The first-order valence-electron chi connectivity index (χ1n) is 4.64. The minimum atomic E-state index is 0.241. The molecule has 0 aromatic carbocycles. The van der Waals surface area contributed by atoms with E-state index in [2.05, 4.69) is 13.0 Å². The number of hydrogen-bond acceptors (Lipinski definition) is 2. The second-order valence-corrected chi connectivity index (χ2v) is 3.24. The summed E-state index contributed by atoms with van der Waals surface area (Å²) >= 11 is 0. The molecule has 0 radical (unpaired) electrons. The highest BCUT2D eigenvalue weighted by Gasteiger charge is 2.11. The molecule has 0 spiro atoms. The summed E-state index contributed by atoms with van der Waals surface area (Å²) < 4.78 is 10.3. The van der Waals surface area contributed by atoms with Gasteiger partial charge in [0.2, 0.25) is 0 Å². The monoisotopic (exact) mass is 170 g/mol. The number of hydrogen-bond donors (Lipinski definition) is 0. The van der Waals surface area contributed by atoms with E-state index in [0.717, 1.165) is 0 Å². The predicted octanol–water partition coefficient (Wildman–Crippen LogP) is 2.50. The van der Waals surface area contributed by atoms with Gasteiger partial charge in [-0.3, -0.25) is 0 Å². The van der Waals surface area contributed by atoms with E-state index in [1.807, 2.05) is 0 Å². The predicted molar refractivity (Wildman–Crippen MR) is 49.0 cm³/mol. The second kappa shape index (κ2) is 5.33. The van der Waals surface area contributed by atoms with Crippen molar-refractivity contribution in [1.29, 1.82) is 0 Å². The number of rotatable bonds is 4. The van der Waals surface area contributed by atoms with Crippen LogP contribution in [0.2, 0.25) is 0 Å². The lowest BCUT2D eigenvalue weighted by atomic mass is 9.96. The van der Waals surface area contributed by atoms with E-state index < -0.39 is 0 Å². The molecule has 2 heteroatoms. The van der Waals surface area contributed by atoms with E-state index in [1.165, 1.54) is 31.3 Å². The molecule has 12 heavy (non-hydrogen) atoms. The average Bonchev–Trinajstić information content (AvgIpc) is 2.15. The summed E-state index contributed by atoms with van der Waals surface area (Å²) in [4.78, 5) is 0. The molecule has 0 aliphatic heterocycles. The molecule has 0 heterocycles. The maximum atomic E-state index is 5.44. The van der Waals surface area contributed by atoms with Crippen LogP contribution < -0.4 is 0 Å². The highest BCUT2D eigenvalue weighted by Crippen LogP contribution is 2.21. The Kier molecular flexibility index (Phi) is 4.33. The van der Waals surface area contributed by atoms with E-state index in [0.29, 0.717) is 6.79 Å². The highest BCUT2D eigenvalue weighted by molar-refractivity contribution is 5.09. The second-order valence-electron chi connectivity index (χ2n) is 3.24. The summed E-state index contributed by atoms with van der Waals surface area (Å²) in [6.07, 6.45) is 7.61. The van der Waals surface area contributed by atoms with Crippen molar-refractivity contribution in [1.82, 2.24) is 0 Å². The summed E-state index contributed by atoms with van der Waals surface area (Å²) in [5, 5.41) is 0. The smallest absolute Gasteiger partial charge is 0.147 e. The zero-order valence-electron chi connectivity index (χ0n) is 8.01. The van der Waals surface area contributed by atoms with Gasteiger partial charge in [-0.05, 0) is 38.2 Å². The van der Waals surface area contributed by atoms with E-state index in [9.17, 15) is 0 Å². The number of methoxy groups -OCH3 is 1. The molecule has 1 aliphatic rings.